The van der Waals surface area contributed by atoms with Crippen LogP contribution in [0.5, 0.6) is 5.75 Å². The molecule has 0 unspecified atom stereocenters. The number of ether oxygens (including phenoxy) is 1. The summed E-state index contributed by atoms with van der Waals surface area (Å²) in [6.45, 7) is 6.68. The molecule has 0 aromatic heterocycles. The number of aliphatic imine (C=N–C) groups is 3. The molecule has 8 heteroatoms. The van der Waals surface area contributed by atoms with Crippen molar-refractivity contribution in [1.29, 1.82) is 0 Å². The fourth-order valence-corrected chi connectivity index (χ4v) is 3.22. The number of aryl methyl sites for hydroxylation is 1. The molecule has 34 heavy (non-hydrogen) atoms. The Hall–Kier alpha value is -3.68. The Balaban J connectivity index is 2.33. The molecule has 0 bridgehead atoms. The molecule has 0 saturated carbocycles. The quantitative estimate of drug-likeness (QED) is 0.429. The number of nitrogens with zero attached hydrogens (tertiary/aromatic N) is 3. The number of hydrogen-bond acceptors (Lipinski definition) is 4. The zero-order valence-corrected chi connectivity index (χ0v) is 20.3. The number of allylic oxidation sites excluding steroid dienone is 1. The first-order valence-electron chi connectivity index (χ1n) is 10.6. The van der Waals surface area contributed by atoms with Crippen molar-refractivity contribution in [2.45, 2.75) is 33.6 Å². The van der Waals surface area contributed by atoms with E-state index in [9.17, 15) is 13.6 Å². The van der Waals surface area contributed by atoms with E-state index in [-0.39, 0.29) is 12.2 Å². The van der Waals surface area contributed by atoms with Gasteiger partial charge >= 0.3 is 0 Å². The Labute approximate surface area is 199 Å². The summed E-state index contributed by atoms with van der Waals surface area (Å²) in [7, 11) is 3.28. The molecule has 0 fully saturated rings. The van der Waals surface area contributed by atoms with Crippen LogP contribution in [0.4, 0.5) is 8.78 Å². The van der Waals surface area contributed by atoms with E-state index in [1.165, 1.54) is 24.3 Å². The zero-order valence-electron chi connectivity index (χ0n) is 20.3. The number of alkyl halides is 2. The maximum absolute atomic E-state index is 13.4. The Bertz CT molecular complexity index is 1160. The first kappa shape index (κ1) is 26.6. The van der Waals surface area contributed by atoms with E-state index in [1.54, 1.807) is 38.5 Å². The maximum Gasteiger partial charge on any atom is 0.270 e. The van der Waals surface area contributed by atoms with E-state index in [0.29, 0.717) is 28.4 Å². The van der Waals surface area contributed by atoms with Gasteiger partial charge in [0, 0.05) is 55.2 Å². The maximum atomic E-state index is 13.4. The fourth-order valence-electron chi connectivity index (χ4n) is 3.22. The molecular formula is C26H30F2N4O2. The first-order chi connectivity index (χ1) is 16.0. The van der Waals surface area contributed by atoms with Gasteiger partial charge in [0.25, 0.3) is 5.92 Å². The third-order valence-electron chi connectivity index (χ3n) is 5.17. The van der Waals surface area contributed by atoms with Crippen LogP contribution in [-0.2, 0) is 5.92 Å². The van der Waals surface area contributed by atoms with E-state index in [4.69, 9.17) is 10.5 Å². The highest BCUT2D eigenvalue weighted by molar-refractivity contribution is 6.20. The van der Waals surface area contributed by atoms with Gasteiger partial charge in [0.15, 0.2) is 5.84 Å². The van der Waals surface area contributed by atoms with Crippen molar-refractivity contribution >= 4 is 23.7 Å². The summed E-state index contributed by atoms with van der Waals surface area (Å²) in [4.78, 5) is 24.7. The minimum atomic E-state index is -2.90. The number of primary amides is 1. The Morgan fingerprint density at radius 1 is 1.12 bits per heavy atom. The molecule has 0 aliphatic carbocycles. The summed E-state index contributed by atoms with van der Waals surface area (Å²) in [6.07, 6.45) is 1.68. The predicted molar refractivity (Wildman–Crippen MR) is 134 cm³/mol. The number of carbonyl (C=O) groups is 1. The van der Waals surface area contributed by atoms with E-state index >= 15 is 0 Å². The number of amides is 1. The molecule has 180 valence electrons. The zero-order chi connectivity index (χ0) is 25.5. The molecule has 0 spiro atoms. The molecule has 2 aromatic carbocycles. The minimum Gasteiger partial charge on any atom is -0.489 e. The van der Waals surface area contributed by atoms with Crippen LogP contribution in [0.3, 0.4) is 0 Å². The topological polar surface area (TPSA) is 89.4 Å². The smallest absolute Gasteiger partial charge is 0.270 e. The lowest BCUT2D eigenvalue weighted by Crippen LogP contribution is -2.14. The van der Waals surface area contributed by atoms with Crippen molar-refractivity contribution in [3.05, 3.63) is 75.9 Å². The molecule has 6 nitrogen and oxygen atoms in total. The van der Waals surface area contributed by atoms with Gasteiger partial charge in [-0.1, -0.05) is 6.07 Å². The average molecular weight is 469 g/mol. The summed E-state index contributed by atoms with van der Waals surface area (Å²) >= 11 is 0. The van der Waals surface area contributed by atoms with Crippen LogP contribution in [-0.4, -0.2) is 44.4 Å². The van der Waals surface area contributed by atoms with Crippen LogP contribution in [0.25, 0.3) is 0 Å². The highest BCUT2D eigenvalue weighted by Gasteiger charge is 2.23. The molecule has 0 aliphatic rings. The van der Waals surface area contributed by atoms with Gasteiger partial charge in [-0.3, -0.25) is 14.8 Å². The van der Waals surface area contributed by atoms with Gasteiger partial charge in [-0.15, -0.1) is 0 Å². The van der Waals surface area contributed by atoms with Crippen molar-refractivity contribution in [3.8, 4) is 5.75 Å². The lowest BCUT2D eigenvalue weighted by molar-refractivity contribution is 0.0174. The number of hydrogen-bond donors (Lipinski definition) is 1. The molecule has 0 radical (unpaired) electrons. The normalized spacial score (nSPS) is 13.8. The molecule has 2 aromatic rings. The number of halogens is 2. The summed E-state index contributed by atoms with van der Waals surface area (Å²) in [5, 5.41) is 0. The monoisotopic (exact) mass is 468 g/mol. The van der Waals surface area contributed by atoms with Gasteiger partial charge in [0.1, 0.15) is 12.4 Å². The first-order valence-corrected chi connectivity index (χ1v) is 10.6. The lowest BCUT2D eigenvalue weighted by atomic mass is 10.0. The summed E-state index contributed by atoms with van der Waals surface area (Å²) in [6, 6.07) is 10.9. The average Bonchev–Trinajstić information content (AvgIpc) is 2.79. The third-order valence-corrected chi connectivity index (χ3v) is 5.17. The SMILES string of the molecule is CN=C/C(C(C)=NC(=NC)c1cc(C(N)=O)ccc1C)=C(\C)COc1ccc(C(C)(F)F)cc1. The summed E-state index contributed by atoms with van der Waals surface area (Å²) in [5.41, 5.74) is 9.57. The number of rotatable bonds is 8. The Morgan fingerprint density at radius 3 is 2.29 bits per heavy atom. The number of amidine groups is 1. The molecule has 2 rings (SSSR count). The highest BCUT2D eigenvalue weighted by atomic mass is 19.3. The van der Waals surface area contributed by atoms with Crippen LogP contribution in [0.15, 0.2) is 68.6 Å². The second kappa shape index (κ2) is 11.4. The van der Waals surface area contributed by atoms with Crippen molar-refractivity contribution in [2.24, 2.45) is 20.7 Å². The summed E-state index contributed by atoms with van der Waals surface area (Å²) < 4.78 is 32.6. The van der Waals surface area contributed by atoms with Crippen LogP contribution in [0, 0.1) is 6.92 Å². The number of nitrogens with two attached hydrogens (primary N) is 1. The van der Waals surface area contributed by atoms with Crippen molar-refractivity contribution in [1.82, 2.24) is 0 Å². The summed E-state index contributed by atoms with van der Waals surface area (Å²) in [5.74, 6) is -2.50. The number of benzene rings is 2. The molecule has 0 aliphatic heterocycles. The Morgan fingerprint density at radius 2 is 1.76 bits per heavy atom. The molecule has 2 N–H and O–H groups in total. The number of carbonyl (C=O) groups excluding carboxylic acids is 1. The van der Waals surface area contributed by atoms with Gasteiger partial charge in [-0.05, 0) is 68.3 Å². The van der Waals surface area contributed by atoms with Crippen LogP contribution >= 0.6 is 0 Å². The van der Waals surface area contributed by atoms with Crippen LogP contribution in [0.1, 0.15) is 47.8 Å². The third kappa shape index (κ3) is 6.91. The molecular weight excluding hydrogens is 438 g/mol. The standard InChI is InChI=1S/C26H30F2N4O2/c1-16-7-8-19(24(29)33)13-22(16)25(31-6)32-18(3)23(14-30-5)17(2)15-34-21-11-9-20(10-12-21)26(4,27)28/h7-14H,15H2,1-6H3,(H2,29,33)/b23-17-,30-14?,31-25?,32-18?. The Kier molecular flexibility index (Phi) is 8.95. The molecule has 0 atom stereocenters. The van der Waals surface area contributed by atoms with Gasteiger partial charge in [-0.25, -0.2) is 13.8 Å². The van der Waals surface area contributed by atoms with Crippen molar-refractivity contribution < 1.29 is 18.3 Å². The van der Waals surface area contributed by atoms with Crippen LogP contribution in [0.2, 0.25) is 0 Å². The molecule has 0 heterocycles. The lowest BCUT2D eigenvalue weighted by Gasteiger charge is -2.13. The second-order valence-electron chi connectivity index (χ2n) is 7.92. The van der Waals surface area contributed by atoms with Crippen molar-refractivity contribution in [2.75, 3.05) is 20.7 Å². The fraction of sp³-hybridized carbons (Fsp3) is 0.308. The van der Waals surface area contributed by atoms with E-state index in [2.05, 4.69) is 15.0 Å². The predicted octanol–water partition coefficient (Wildman–Crippen LogP) is 5.14. The largest absolute Gasteiger partial charge is 0.489 e. The van der Waals surface area contributed by atoms with Gasteiger partial charge in [0.2, 0.25) is 5.91 Å². The minimum absolute atomic E-state index is 0.0732. The molecule has 0 saturated heterocycles. The van der Waals surface area contributed by atoms with Crippen molar-refractivity contribution in [3.63, 3.8) is 0 Å². The van der Waals surface area contributed by atoms with Gasteiger partial charge in [0.05, 0.1) is 0 Å². The van der Waals surface area contributed by atoms with Crippen LogP contribution < -0.4 is 10.5 Å². The van der Waals surface area contributed by atoms with Gasteiger partial charge in [-0.2, -0.15) is 0 Å². The van der Waals surface area contributed by atoms with Gasteiger partial charge < -0.3 is 10.5 Å². The van der Waals surface area contributed by atoms with E-state index in [1.807, 2.05) is 20.8 Å². The van der Waals surface area contributed by atoms with E-state index in [0.717, 1.165) is 23.6 Å². The van der Waals surface area contributed by atoms with E-state index < -0.39 is 11.8 Å². The highest BCUT2D eigenvalue weighted by Crippen LogP contribution is 2.28. The molecule has 1 amide bonds. The second-order valence-corrected chi connectivity index (χ2v) is 7.92.